The van der Waals surface area contributed by atoms with E-state index in [9.17, 15) is 9.18 Å². The van der Waals surface area contributed by atoms with Gasteiger partial charge in [0, 0.05) is 19.6 Å². The molecule has 2 fully saturated rings. The minimum Gasteiger partial charge on any atom is -0.379 e. The van der Waals surface area contributed by atoms with Crippen molar-refractivity contribution < 1.29 is 13.9 Å². The van der Waals surface area contributed by atoms with E-state index in [4.69, 9.17) is 10.5 Å². The van der Waals surface area contributed by atoms with Crippen LogP contribution in [0.4, 0.5) is 4.39 Å². The van der Waals surface area contributed by atoms with E-state index in [2.05, 4.69) is 10.2 Å². The van der Waals surface area contributed by atoms with Gasteiger partial charge in [-0.25, -0.2) is 4.39 Å². The van der Waals surface area contributed by atoms with Gasteiger partial charge in [-0.3, -0.25) is 9.69 Å². The van der Waals surface area contributed by atoms with Gasteiger partial charge in [-0.2, -0.15) is 0 Å². The highest BCUT2D eigenvalue weighted by Crippen LogP contribution is 2.28. The smallest absolute Gasteiger partial charge is 0.240 e. The first-order valence-corrected chi connectivity index (χ1v) is 8.73. The topological polar surface area (TPSA) is 67.6 Å². The third kappa shape index (κ3) is 3.94. The molecule has 5 nitrogen and oxygen atoms in total. The van der Waals surface area contributed by atoms with Crippen LogP contribution in [0.1, 0.15) is 37.3 Å². The van der Waals surface area contributed by atoms with E-state index in [0.29, 0.717) is 19.8 Å². The second-order valence-corrected chi connectivity index (χ2v) is 6.79. The summed E-state index contributed by atoms with van der Waals surface area (Å²) in [5.41, 5.74) is 6.50. The number of hydrogen-bond donors (Lipinski definition) is 2. The zero-order valence-electron chi connectivity index (χ0n) is 14.0. The molecule has 1 aromatic rings. The van der Waals surface area contributed by atoms with Crippen molar-refractivity contribution in [2.45, 2.75) is 37.3 Å². The summed E-state index contributed by atoms with van der Waals surface area (Å²) >= 11 is 0. The van der Waals surface area contributed by atoms with Gasteiger partial charge in [-0.15, -0.1) is 0 Å². The number of morpholine rings is 1. The molecule has 3 N–H and O–H groups in total. The van der Waals surface area contributed by atoms with Crippen LogP contribution in [0.5, 0.6) is 0 Å². The maximum atomic E-state index is 13.2. The lowest BCUT2D eigenvalue weighted by atomic mass is 9.97. The van der Waals surface area contributed by atoms with Crippen LogP contribution in [-0.2, 0) is 9.53 Å². The van der Waals surface area contributed by atoms with Gasteiger partial charge in [0.1, 0.15) is 5.82 Å². The number of halogens is 1. The van der Waals surface area contributed by atoms with Crippen LogP contribution >= 0.6 is 0 Å². The normalized spacial score (nSPS) is 22.2. The van der Waals surface area contributed by atoms with Gasteiger partial charge in [0.05, 0.1) is 24.8 Å². The number of nitrogens with one attached hydrogen (secondary N) is 1. The maximum Gasteiger partial charge on any atom is 0.240 e. The van der Waals surface area contributed by atoms with Gasteiger partial charge in [-0.05, 0) is 30.5 Å². The second kappa shape index (κ2) is 7.59. The molecule has 132 valence electrons. The molecular weight excluding hydrogens is 309 g/mol. The Balaban J connectivity index is 1.69. The number of benzene rings is 1. The molecule has 1 heterocycles. The number of nitrogens with two attached hydrogens (primary N) is 1. The zero-order chi connectivity index (χ0) is 17.0. The first-order valence-electron chi connectivity index (χ1n) is 8.73. The molecule has 24 heavy (non-hydrogen) atoms. The predicted molar refractivity (Wildman–Crippen MR) is 89.9 cm³/mol. The molecule has 1 unspecified atom stereocenters. The number of amides is 1. The number of carbonyl (C=O) groups is 1. The van der Waals surface area contributed by atoms with Crippen molar-refractivity contribution in [2.75, 3.05) is 32.8 Å². The lowest BCUT2D eigenvalue weighted by Crippen LogP contribution is -2.54. The van der Waals surface area contributed by atoms with Gasteiger partial charge >= 0.3 is 0 Å². The molecule has 1 aliphatic carbocycles. The Morgan fingerprint density at radius 3 is 2.50 bits per heavy atom. The summed E-state index contributed by atoms with van der Waals surface area (Å²) in [4.78, 5) is 14.8. The SMILES string of the molecule is NC1(C(=O)NCC(c2ccc(F)cc2)N2CCOCC2)CCCC1. The number of carbonyl (C=O) groups excluding carboxylic acids is 1. The predicted octanol–water partition coefficient (Wildman–Crippen LogP) is 1.59. The van der Waals surface area contributed by atoms with Gasteiger partial charge in [0.15, 0.2) is 0 Å². The Morgan fingerprint density at radius 2 is 1.88 bits per heavy atom. The van der Waals surface area contributed by atoms with E-state index in [1.165, 1.54) is 12.1 Å². The van der Waals surface area contributed by atoms with Crippen LogP contribution in [0.2, 0.25) is 0 Å². The first-order chi connectivity index (χ1) is 11.6. The molecule has 0 bridgehead atoms. The van der Waals surface area contributed by atoms with Crippen molar-refractivity contribution in [1.29, 1.82) is 0 Å². The first kappa shape index (κ1) is 17.3. The summed E-state index contributed by atoms with van der Waals surface area (Å²) in [6.45, 7) is 3.42. The summed E-state index contributed by atoms with van der Waals surface area (Å²) < 4.78 is 18.7. The fraction of sp³-hybridized carbons (Fsp3) is 0.611. The van der Waals surface area contributed by atoms with E-state index in [1.54, 1.807) is 12.1 Å². The van der Waals surface area contributed by atoms with Crippen molar-refractivity contribution in [3.05, 3.63) is 35.6 Å². The molecule has 1 amide bonds. The minimum absolute atomic E-state index is 0.00320. The Bertz CT molecular complexity index is 552. The highest BCUT2D eigenvalue weighted by atomic mass is 19.1. The average molecular weight is 335 g/mol. The molecular formula is C18H26FN3O2. The van der Waals surface area contributed by atoms with Crippen molar-refractivity contribution in [1.82, 2.24) is 10.2 Å². The number of rotatable bonds is 5. The Labute approximate surface area is 142 Å². The molecule has 3 rings (SSSR count). The molecule has 6 heteroatoms. The molecule has 1 aromatic carbocycles. The van der Waals surface area contributed by atoms with Gasteiger partial charge < -0.3 is 15.8 Å². The molecule has 1 saturated carbocycles. The van der Waals surface area contributed by atoms with E-state index in [1.807, 2.05) is 0 Å². The van der Waals surface area contributed by atoms with E-state index in [-0.39, 0.29) is 17.8 Å². The Morgan fingerprint density at radius 1 is 1.25 bits per heavy atom. The summed E-state index contributed by atoms with van der Waals surface area (Å²) in [6.07, 6.45) is 3.51. The quantitative estimate of drug-likeness (QED) is 0.857. The van der Waals surface area contributed by atoms with Crippen molar-refractivity contribution in [2.24, 2.45) is 5.73 Å². The van der Waals surface area contributed by atoms with Crippen molar-refractivity contribution >= 4 is 5.91 Å². The minimum atomic E-state index is -0.724. The molecule has 1 atom stereocenters. The van der Waals surface area contributed by atoms with E-state index in [0.717, 1.165) is 44.3 Å². The molecule has 2 aliphatic rings. The van der Waals surface area contributed by atoms with Crippen LogP contribution < -0.4 is 11.1 Å². The molecule has 1 aliphatic heterocycles. The average Bonchev–Trinajstić information content (AvgIpc) is 3.05. The highest BCUT2D eigenvalue weighted by molar-refractivity contribution is 5.86. The van der Waals surface area contributed by atoms with Crippen LogP contribution in [0.3, 0.4) is 0 Å². The zero-order valence-corrected chi connectivity index (χ0v) is 14.0. The second-order valence-electron chi connectivity index (χ2n) is 6.79. The van der Waals surface area contributed by atoms with E-state index < -0.39 is 5.54 Å². The largest absolute Gasteiger partial charge is 0.379 e. The molecule has 0 spiro atoms. The van der Waals surface area contributed by atoms with Crippen molar-refractivity contribution in [3.8, 4) is 0 Å². The summed E-state index contributed by atoms with van der Waals surface area (Å²) in [6, 6.07) is 6.51. The third-order valence-corrected chi connectivity index (χ3v) is 5.15. The van der Waals surface area contributed by atoms with Gasteiger partial charge in [-0.1, -0.05) is 25.0 Å². The standard InChI is InChI=1S/C18H26FN3O2/c19-15-5-3-14(4-6-15)16(22-9-11-24-12-10-22)13-21-17(23)18(20)7-1-2-8-18/h3-6,16H,1-2,7-13,20H2,(H,21,23). The lowest BCUT2D eigenvalue weighted by molar-refractivity contribution is -0.126. The molecule has 0 radical (unpaired) electrons. The summed E-state index contributed by atoms with van der Waals surface area (Å²) in [7, 11) is 0. The monoisotopic (exact) mass is 335 g/mol. The van der Waals surface area contributed by atoms with Crippen LogP contribution in [0.25, 0.3) is 0 Å². The Kier molecular flexibility index (Phi) is 5.48. The summed E-state index contributed by atoms with van der Waals surface area (Å²) in [5.74, 6) is -0.323. The summed E-state index contributed by atoms with van der Waals surface area (Å²) in [5, 5.41) is 3.04. The lowest BCUT2D eigenvalue weighted by Gasteiger charge is -2.35. The van der Waals surface area contributed by atoms with E-state index >= 15 is 0 Å². The Hall–Kier alpha value is -1.50. The third-order valence-electron chi connectivity index (χ3n) is 5.15. The fourth-order valence-electron chi connectivity index (χ4n) is 3.63. The maximum absolute atomic E-state index is 13.2. The number of hydrogen-bond acceptors (Lipinski definition) is 4. The van der Waals surface area contributed by atoms with Crippen LogP contribution in [0.15, 0.2) is 24.3 Å². The number of ether oxygens (including phenoxy) is 1. The van der Waals surface area contributed by atoms with Gasteiger partial charge in [0.2, 0.25) is 5.91 Å². The van der Waals surface area contributed by atoms with Crippen LogP contribution in [-0.4, -0.2) is 49.2 Å². The molecule has 1 saturated heterocycles. The van der Waals surface area contributed by atoms with Gasteiger partial charge in [0.25, 0.3) is 0 Å². The highest BCUT2D eigenvalue weighted by Gasteiger charge is 2.37. The molecule has 0 aromatic heterocycles. The van der Waals surface area contributed by atoms with Crippen LogP contribution in [0, 0.1) is 5.82 Å². The number of nitrogens with zero attached hydrogens (tertiary/aromatic N) is 1. The van der Waals surface area contributed by atoms with Crippen molar-refractivity contribution in [3.63, 3.8) is 0 Å². The fourth-order valence-corrected chi connectivity index (χ4v) is 3.63.